The van der Waals surface area contributed by atoms with Crippen LogP contribution in [0.4, 0.5) is 0 Å². The highest BCUT2D eigenvalue weighted by molar-refractivity contribution is 7.78. The Kier molecular flexibility index (Phi) is 11.1. The van der Waals surface area contributed by atoms with Crippen molar-refractivity contribution in [2.24, 2.45) is 5.73 Å². The van der Waals surface area contributed by atoms with E-state index in [2.05, 4.69) is 10.0 Å². The topological polar surface area (TPSA) is 93.5 Å². The molecular formula is C17H29N3O3S. The number of nitrogens with two attached hydrogens (primary N) is 1. The first-order chi connectivity index (χ1) is 11.6. The van der Waals surface area contributed by atoms with E-state index in [1.54, 1.807) is 12.1 Å². The van der Waals surface area contributed by atoms with Crippen LogP contribution in [0.1, 0.15) is 45.4 Å². The van der Waals surface area contributed by atoms with Gasteiger partial charge in [-0.2, -0.15) is 8.93 Å². The van der Waals surface area contributed by atoms with Crippen molar-refractivity contribution in [3.63, 3.8) is 0 Å². The monoisotopic (exact) mass is 355 g/mol. The van der Waals surface area contributed by atoms with Crippen LogP contribution in [0.3, 0.4) is 0 Å². The molecule has 0 heterocycles. The van der Waals surface area contributed by atoms with E-state index in [9.17, 15) is 9.00 Å². The molecule has 1 aromatic rings. The van der Waals surface area contributed by atoms with Gasteiger partial charge in [0.1, 0.15) is 5.75 Å². The summed E-state index contributed by atoms with van der Waals surface area (Å²) >= 11 is -1.64. The van der Waals surface area contributed by atoms with E-state index in [4.69, 9.17) is 9.92 Å². The van der Waals surface area contributed by atoms with Crippen molar-refractivity contribution in [3.05, 3.63) is 30.3 Å². The zero-order chi connectivity index (χ0) is 17.6. The van der Waals surface area contributed by atoms with Gasteiger partial charge in [-0.25, -0.2) is 0 Å². The number of carbonyl (C=O) groups is 1. The van der Waals surface area contributed by atoms with Crippen LogP contribution in [0.15, 0.2) is 30.3 Å². The fourth-order valence-corrected chi connectivity index (χ4v) is 2.85. The molecule has 0 aliphatic heterocycles. The molecule has 6 nitrogen and oxygen atoms in total. The van der Waals surface area contributed by atoms with Gasteiger partial charge in [-0.1, -0.05) is 37.5 Å². The summed E-state index contributed by atoms with van der Waals surface area (Å²) in [4.78, 5) is 11.7. The Morgan fingerprint density at radius 2 is 1.83 bits per heavy atom. The summed E-state index contributed by atoms with van der Waals surface area (Å²) in [7, 11) is 0. The number of benzene rings is 1. The van der Waals surface area contributed by atoms with Gasteiger partial charge in [-0.05, 0) is 38.4 Å². The summed E-state index contributed by atoms with van der Waals surface area (Å²) in [5.74, 6) is 0.562. The summed E-state index contributed by atoms with van der Waals surface area (Å²) in [5.41, 5.74) is 5.44. The van der Waals surface area contributed by atoms with Gasteiger partial charge in [0, 0.05) is 19.0 Å². The maximum atomic E-state index is 11.8. The van der Waals surface area contributed by atoms with Crippen LogP contribution in [0, 0.1) is 0 Å². The van der Waals surface area contributed by atoms with Crippen molar-refractivity contribution >= 4 is 17.2 Å². The van der Waals surface area contributed by atoms with Crippen LogP contribution in [0.25, 0.3) is 0 Å². The van der Waals surface area contributed by atoms with E-state index in [1.807, 2.05) is 25.1 Å². The summed E-state index contributed by atoms with van der Waals surface area (Å²) in [5, 5.41) is 2.84. The Labute approximate surface area is 147 Å². The molecule has 0 radical (unpaired) electrons. The lowest BCUT2D eigenvalue weighted by molar-refractivity contribution is -0.121. The van der Waals surface area contributed by atoms with Gasteiger partial charge in [0.2, 0.25) is 5.91 Å². The third-order valence-electron chi connectivity index (χ3n) is 3.43. The third-order valence-corrected chi connectivity index (χ3v) is 4.36. The highest BCUT2D eigenvalue weighted by Crippen LogP contribution is 2.09. The number of carbonyl (C=O) groups excluding carboxylic acids is 1. The van der Waals surface area contributed by atoms with Crippen LogP contribution in [-0.2, 0) is 16.1 Å². The summed E-state index contributed by atoms with van der Waals surface area (Å²) in [6.45, 7) is 3.00. The van der Waals surface area contributed by atoms with E-state index in [-0.39, 0.29) is 11.9 Å². The molecular weight excluding hydrogens is 326 g/mol. The van der Waals surface area contributed by atoms with Gasteiger partial charge in [0.25, 0.3) is 11.3 Å². The first kappa shape index (κ1) is 20.6. The molecule has 0 fully saturated rings. The second kappa shape index (κ2) is 12.9. The minimum absolute atomic E-state index is 0.0252. The zero-order valence-corrected chi connectivity index (χ0v) is 15.1. The van der Waals surface area contributed by atoms with Crippen LogP contribution in [0.5, 0.6) is 5.75 Å². The predicted molar refractivity (Wildman–Crippen MR) is 97.6 cm³/mol. The molecule has 0 aliphatic carbocycles. The molecule has 24 heavy (non-hydrogen) atoms. The smallest absolute Gasteiger partial charge is 0.288 e. The maximum Gasteiger partial charge on any atom is 0.288 e. The molecule has 136 valence electrons. The normalized spacial score (nSPS) is 13.2. The van der Waals surface area contributed by atoms with Crippen LogP contribution in [0.2, 0.25) is 0 Å². The van der Waals surface area contributed by atoms with E-state index in [1.165, 1.54) is 0 Å². The Balaban J connectivity index is 2.08. The largest absolute Gasteiger partial charge is 0.389 e. The standard InChI is InChI=1S/C17H29N3O3S/c1-15(20-24(22)23-16-10-6-5-7-11-16)14-19-17(21)12-8-3-2-4-9-13-18/h5-7,10-11,15,20H,2-4,8-9,12-14,18H2,1H3,(H,19,21). The minimum atomic E-state index is -1.64. The van der Waals surface area contributed by atoms with Crippen LogP contribution >= 0.6 is 0 Å². The Bertz CT molecular complexity index is 485. The molecule has 2 unspecified atom stereocenters. The molecule has 7 heteroatoms. The second-order valence-electron chi connectivity index (χ2n) is 5.76. The van der Waals surface area contributed by atoms with E-state index >= 15 is 0 Å². The lowest BCUT2D eigenvalue weighted by atomic mass is 10.1. The number of nitrogens with one attached hydrogen (secondary N) is 2. The summed E-state index contributed by atoms with van der Waals surface area (Å²) in [6.07, 6.45) is 5.78. The molecule has 2 atom stereocenters. The number of amides is 1. The molecule has 0 bridgehead atoms. The molecule has 0 saturated carbocycles. The van der Waals surface area contributed by atoms with Crippen molar-refractivity contribution < 1.29 is 13.2 Å². The molecule has 0 aliphatic rings. The van der Waals surface area contributed by atoms with Gasteiger partial charge in [-0.3, -0.25) is 4.79 Å². The molecule has 0 saturated heterocycles. The van der Waals surface area contributed by atoms with E-state index in [0.717, 1.165) is 38.6 Å². The minimum Gasteiger partial charge on any atom is -0.389 e. The predicted octanol–water partition coefficient (Wildman–Crippen LogP) is 2.04. The molecule has 1 amide bonds. The Morgan fingerprint density at radius 3 is 2.54 bits per heavy atom. The van der Waals surface area contributed by atoms with Crippen LogP contribution in [-0.4, -0.2) is 29.2 Å². The quantitative estimate of drug-likeness (QED) is 0.472. The second-order valence-corrected chi connectivity index (χ2v) is 6.63. The highest BCUT2D eigenvalue weighted by atomic mass is 32.2. The van der Waals surface area contributed by atoms with Crippen LogP contribution < -0.4 is 20.0 Å². The van der Waals surface area contributed by atoms with E-state index in [0.29, 0.717) is 18.7 Å². The molecule has 1 rings (SSSR count). The lowest BCUT2D eigenvalue weighted by Crippen LogP contribution is -2.40. The number of para-hydroxylation sites is 1. The van der Waals surface area contributed by atoms with Crippen molar-refractivity contribution in [3.8, 4) is 5.75 Å². The fraction of sp³-hybridized carbons (Fsp3) is 0.588. The summed E-state index contributed by atoms with van der Waals surface area (Å²) in [6, 6.07) is 8.81. The van der Waals surface area contributed by atoms with Gasteiger partial charge in [-0.15, -0.1) is 0 Å². The number of hydrogen-bond donors (Lipinski definition) is 3. The number of rotatable bonds is 13. The van der Waals surface area contributed by atoms with Gasteiger partial charge in [0.15, 0.2) is 0 Å². The van der Waals surface area contributed by atoms with Crippen molar-refractivity contribution in [2.75, 3.05) is 13.1 Å². The highest BCUT2D eigenvalue weighted by Gasteiger charge is 2.10. The number of unbranched alkanes of at least 4 members (excludes halogenated alkanes) is 4. The first-order valence-corrected chi connectivity index (χ1v) is 9.57. The van der Waals surface area contributed by atoms with Crippen molar-refractivity contribution in [1.82, 2.24) is 10.0 Å². The number of hydrogen-bond acceptors (Lipinski definition) is 4. The summed E-state index contributed by atoms with van der Waals surface area (Å²) < 4.78 is 19.9. The molecule has 1 aromatic carbocycles. The average molecular weight is 356 g/mol. The Morgan fingerprint density at radius 1 is 1.17 bits per heavy atom. The average Bonchev–Trinajstić information content (AvgIpc) is 2.57. The van der Waals surface area contributed by atoms with Crippen molar-refractivity contribution in [1.29, 1.82) is 0 Å². The van der Waals surface area contributed by atoms with E-state index < -0.39 is 11.3 Å². The molecule has 0 aromatic heterocycles. The molecule has 0 spiro atoms. The van der Waals surface area contributed by atoms with Crippen molar-refractivity contribution in [2.45, 2.75) is 51.5 Å². The van der Waals surface area contributed by atoms with Gasteiger partial charge in [0.05, 0.1) is 0 Å². The SMILES string of the molecule is CC(CNC(=O)CCCCCCCN)NS(=O)Oc1ccccc1. The maximum absolute atomic E-state index is 11.8. The fourth-order valence-electron chi connectivity index (χ4n) is 2.11. The lowest BCUT2D eigenvalue weighted by Gasteiger charge is -2.14. The van der Waals surface area contributed by atoms with Gasteiger partial charge >= 0.3 is 0 Å². The first-order valence-electron chi connectivity index (χ1n) is 8.50. The third kappa shape index (κ3) is 10.4. The zero-order valence-electron chi connectivity index (χ0n) is 14.3. The Hall–Kier alpha value is -1.44. The van der Waals surface area contributed by atoms with Gasteiger partial charge < -0.3 is 15.2 Å². The molecule has 4 N–H and O–H groups in total.